The van der Waals surface area contributed by atoms with Crippen LogP contribution in [0.5, 0.6) is 0 Å². The Morgan fingerprint density at radius 1 is 1.33 bits per heavy atom. The van der Waals surface area contributed by atoms with Gasteiger partial charge in [-0.15, -0.1) is 0 Å². The van der Waals surface area contributed by atoms with Gasteiger partial charge in [0.05, 0.1) is 5.41 Å². The minimum Gasteiger partial charge on any atom is -0.200 e. The summed E-state index contributed by atoms with van der Waals surface area (Å²) >= 11 is 0. The summed E-state index contributed by atoms with van der Waals surface area (Å²) in [5.41, 5.74) is 0. The van der Waals surface area contributed by atoms with Crippen LogP contribution in [0.3, 0.4) is 0 Å². The lowest BCUT2D eigenvalue weighted by atomic mass is 10.5. The topological polar surface area (TPSA) is 46.5 Å². The van der Waals surface area contributed by atoms with Gasteiger partial charge in [0.15, 0.2) is 0 Å². The molecule has 1 heterocycles. The maximum Gasteiger partial charge on any atom is 0.276 e. The third kappa shape index (κ3) is 1.81. The molecule has 1 rings (SSSR count). The van der Waals surface area contributed by atoms with Crippen molar-refractivity contribution in [3.63, 3.8) is 0 Å². The van der Waals surface area contributed by atoms with Crippen LogP contribution < -0.4 is 0 Å². The molecule has 1 aliphatic heterocycles. The molecule has 0 atom stereocenters. The van der Waals surface area contributed by atoms with Crippen LogP contribution >= 0.6 is 0 Å². The lowest BCUT2D eigenvalue weighted by Gasteiger charge is -1.79. The number of rotatable bonds is 0. The number of sulfonamides is 1. The largest absolute Gasteiger partial charge is 0.276 e. The molecule has 0 aromatic rings. The van der Waals surface area contributed by atoms with E-state index in [4.69, 9.17) is 0 Å². The summed E-state index contributed by atoms with van der Waals surface area (Å²) in [5, 5.41) is 1.02. The third-order valence-corrected chi connectivity index (χ3v) is 1.57. The summed E-state index contributed by atoms with van der Waals surface area (Å²) in [4.78, 5) is 0. The highest BCUT2D eigenvalue weighted by Gasteiger charge is 1.98. The lowest BCUT2D eigenvalue weighted by Crippen LogP contribution is -1.86. The van der Waals surface area contributed by atoms with Crippen LogP contribution in [-0.2, 0) is 10.0 Å². The standard InChI is InChI=1S/C5H4NO2S/c7-9(8)5-3-1-2-4-6-9/h1-3,5H. The average Bonchev–Trinajstić information content (AvgIpc) is 1.92. The fourth-order valence-electron chi connectivity index (χ4n) is 0.378. The third-order valence-electron chi connectivity index (χ3n) is 0.712. The van der Waals surface area contributed by atoms with Gasteiger partial charge in [-0.25, -0.2) is 0 Å². The molecule has 1 radical (unpaired) electrons. The Labute approximate surface area is 53.5 Å². The Morgan fingerprint density at radius 3 is 2.89 bits per heavy atom. The Hall–Kier alpha value is -0.900. The van der Waals surface area contributed by atoms with E-state index in [-0.39, 0.29) is 0 Å². The molecule has 0 bridgehead atoms. The smallest absolute Gasteiger partial charge is 0.200 e. The molecule has 1 aliphatic rings. The molecule has 0 N–H and O–H groups in total. The Kier molecular flexibility index (Phi) is 1.48. The SMILES string of the molecule is O=S1(=O)C=CC=C[C]=N1. The first kappa shape index (κ1) is 6.22. The van der Waals surface area contributed by atoms with Gasteiger partial charge in [0, 0.05) is 0 Å². The monoisotopic (exact) mass is 142 g/mol. The van der Waals surface area contributed by atoms with Crippen molar-refractivity contribution in [1.82, 2.24) is 0 Å². The second kappa shape index (κ2) is 2.14. The van der Waals surface area contributed by atoms with Crippen molar-refractivity contribution in [3.8, 4) is 0 Å². The molecule has 0 spiro atoms. The van der Waals surface area contributed by atoms with Crippen LogP contribution in [0.15, 0.2) is 28.0 Å². The zero-order valence-corrected chi connectivity index (χ0v) is 5.30. The molecule has 47 valence electrons. The summed E-state index contributed by atoms with van der Waals surface area (Å²) in [7, 11) is -3.35. The van der Waals surface area contributed by atoms with E-state index in [0.29, 0.717) is 0 Å². The summed E-state index contributed by atoms with van der Waals surface area (Å²) < 4.78 is 24.1. The van der Waals surface area contributed by atoms with E-state index in [1.165, 1.54) is 12.2 Å². The van der Waals surface area contributed by atoms with Crippen molar-refractivity contribution in [2.24, 2.45) is 4.40 Å². The van der Waals surface area contributed by atoms with Crippen molar-refractivity contribution in [3.05, 3.63) is 23.6 Å². The highest BCUT2D eigenvalue weighted by molar-refractivity contribution is 7.93. The number of allylic oxidation sites excluding steroid dienone is 3. The molecule has 4 heteroatoms. The zero-order valence-electron chi connectivity index (χ0n) is 4.48. The Balaban J connectivity index is 3.11. The second-order valence-electron chi connectivity index (χ2n) is 1.42. The second-order valence-corrected chi connectivity index (χ2v) is 2.91. The van der Waals surface area contributed by atoms with Gasteiger partial charge < -0.3 is 0 Å². The summed E-state index contributed by atoms with van der Waals surface area (Å²) in [6, 6.07) is 0. The van der Waals surface area contributed by atoms with Crippen molar-refractivity contribution in [2.45, 2.75) is 0 Å². The first-order valence-corrected chi connectivity index (χ1v) is 3.77. The average molecular weight is 142 g/mol. The molecule has 0 saturated heterocycles. The fourth-order valence-corrected chi connectivity index (χ4v) is 0.935. The van der Waals surface area contributed by atoms with Gasteiger partial charge in [0.1, 0.15) is 6.21 Å². The van der Waals surface area contributed by atoms with Gasteiger partial charge in [-0.05, 0) is 12.2 Å². The van der Waals surface area contributed by atoms with E-state index in [9.17, 15) is 8.42 Å². The molecule has 0 aromatic heterocycles. The van der Waals surface area contributed by atoms with E-state index in [2.05, 4.69) is 10.6 Å². The summed E-state index contributed by atoms with van der Waals surface area (Å²) in [6.45, 7) is 0. The van der Waals surface area contributed by atoms with E-state index in [0.717, 1.165) is 5.41 Å². The van der Waals surface area contributed by atoms with E-state index < -0.39 is 10.0 Å². The normalized spacial score (nSPS) is 21.8. The molecule has 0 saturated carbocycles. The summed E-state index contributed by atoms with van der Waals surface area (Å²) in [6.07, 6.45) is 6.61. The predicted molar refractivity (Wildman–Crippen MR) is 34.6 cm³/mol. The van der Waals surface area contributed by atoms with E-state index >= 15 is 0 Å². The van der Waals surface area contributed by atoms with Crippen molar-refractivity contribution in [1.29, 1.82) is 0 Å². The molecule has 0 aliphatic carbocycles. The van der Waals surface area contributed by atoms with Crippen LogP contribution in [0, 0.1) is 0 Å². The van der Waals surface area contributed by atoms with Gasteiger partial charge in [0.25, 0.3) is 10.0 Å². The maximum absolute atomic E-state index is 10.5. The molecule has 0 aromatic carbocycles. The minimum absolute atomic E-state index is 1.02. The van der Waals surface area contributed by atoms with Gasteiger partial charge >= 0.3 is 0 Å². The van der Waals surface area contributed by atoms with Crippen molar-refractivity contribution >= 4 is 16.2 Å². The number of hydrogen-bond acceptors (Lipinski definition) is 2. The highest BCUT2D eigenvalue weighted by Crippen LogP contribution is 1.96. The molecule has 0 amide bonds. The van der Waals surface area contributed by atoms with Gasteiger partial charge in [0.2, 0.25) is 0 Å². The molecule has 0 unspecified atom stereocenters. The number of hydrogen-bond donors (Lipinski definition) is 0. The molecule has 0 fully saturated rings. The molecule has 9 heavy (non-hydrogen) atoms. The molecular weight excluding hydrogens is 138 g/mol. The van der Waals surface area contributed by atoms with Crippen LogP contribution in [0.2, 0.25) is 0 Å². The Bertz CT molecular complexity index is 249. The van der Waals surface area contributed by atoms with E-state index in [1.54, 1.807) is 6.08 Å². The zero-order chi connectivity index (χ0) is 6.74. The first-order valence-electron chi connectivity index (χ1n) is 2.26. The van der Waals surface area contributed by atoms with Crippen LogP contribution in [0.25, 0.3) is 0 Å². The van der Waals surface area contributed by atoms with Gasteiger partial charge in [-0.3, -0.25) is 0 Å². The molecule has 3 nitrogen and oxygen atoms in total. The van der Waals surface area contributed by atoms with Crippen molar-refractivity contribution < 1.29 is 8.42 Å². The lowest BCUT2D eigenvalue weighted by molar-refractivity contribution is 0.606. The number of nitrogens with zero attached hydrogens (tertiary/aromatic N) is 1. The Morgan fingerprint density at radius 2 is 2.11 bits per heavy atom. The van der Waals surface area contributed by atoms with Crippen LogP contribution in [0.4, 0.5) is 0 Å². The quantitative estimate of drug-likeness (QED) is 0.490. The predicted octanol–water partition coefficient (Wildman–Crippen LogP) is 0.348. The van der Waals surface area contributed by atoms with Crippen LogP contribution in [0.1, 0.15) is 0 Å². The van der Waals surface area contributed by atoms with Crippen molar-refractivity contribution in [2.75, 3.05) is 0 Å². The van der Waals surface area contributed by atoms with Gasteiger partial charge in [-0.1, -0.05) is 6.08 Å². The fraction of sp³-hybridized carbons (Fsp3) is 0. The minimum atomic E-state index is -3.35. The van der Waals surface area contributed by atoms with Crippen LogP contribution in [-0.4, -0.2) is 14.6 Å². The highest BCUT2D eigenvalue weighted by atomic mass is 32.2. The van der Waals surface area contributed by atoms with Gasteiger partial charge in [-0.2, -0.15) is 12.8 Å². The summed E-state index contributed by atoms with van der Waals surface area (Å²) in [5.74, 6) is 0. The van der Waals surface area contributed by atoms with E-state index in [1.807, 2.05) is 0 Å². The first-order chi connectivity index (χ1) is 4.21. The maximum atomic E-state index is 10.5. The molecular formula is C5H4NO2S.